The van der Waals surface area contributed by atoms with Gasteiger partial charge < -0.3 is 9.68 Å². The molecular formula is C5H7BO2. The summed E-state index contributed by atoms with van der Waals surface area (Å²) in [4.78, 5) is 0. The van der Waals surface area contributed by atoms with E-state index in [0.29, 0.717) is 11.7 Å². The van der Waals surface area contributed by atoms with E-state index in [2.05, 4.69) is 0 Å². The SMILES string of the molecule is OB1OC=CC2CC12. The topological polar surface area (TPSA) is 29.5 Å². The Morgan fingerprint density at radius 3 is 3.25 bits per heavy atom. The van der Waals surface area contributed by atoms with E-state index in [9.17, 15) is 0 Å². The Morgan fingerprint density at radius 2 is 2.62 bits per heavy atom. The average Bonchev–Trinajstić information content (AvgIpc) is 2.45. The van der Waals surface area contributed by atoms with Gasteiger partial charge in [-0.05, 0) is 18.4 Å². The molecule has 1 saturated carbocycles. The van der Waals surface area contributed by atoms with Crippen LogP contribution in [0.15, 0.2) is 12.3 Å². The van der Waals surface area contributed by atoms with Crippen LogP contribution in [0.2, 0.25) is 5.82 Å². The molecule has 0 spiro atoms. The van der Waals surface area contributed by atoms with Crippen molar-refractivity contribution < 1.29 is 9.68 Å². The molecule has 0 saturated heterocycles. The number of rotatable bonds is 0. The largest absolute Gasteiger partial charge is 0.542 e. The van der Waals surface area contributed by atoms with Crippen LogP contribution in [0.4, 0.5) is 0 Å². The number of fused-ring (bicyclic) bond motifs is 1. The Morgan fingerprint density at radius 1 is 1.75 bits per heavy atom. The third kappa shape index (κ3) is 0.479. The summed E-state index contributed by atoms with van der Waals surface area (Å²) in [6.07, 6.45) is 4.72. The van der Waals surface area contributed by atoms with E-state index >= 15 is 0 Å². The highest BCUT2D eigenvalue weighted by Crippen LogP contribution is 2.49. The lowest BCUT2D eigenvalue weighted by Crippen LogP contribution is -2.17. The molecule has 2 aliphatic rings. The van der Waals surface area contributed by atoms with Crippen molar-refractivity contribution in [3.63, 3.8) is 0 Å². The van der Waals surface area contributed by atoms with Crippen LogP contribution in [0, 0.1) is 5.92 Å². The van der Waals surface area contributed by atoms with Crippen molar-refractivity contribution in [1.82, 2.24) is 0 Å². The first kappa shape index (κ1) is 4.44. The van der Waals surface area contributed by atoms with Crippen molar-refractivity contribution in [3.05, 3.63) is 12.3 Å². The standard InChI is InChI=1S/C5H7BO2/c7-6-5-3-4(5)1-2-8-6/h1-2,4-5,7H,3H2. The first-order chi connectivity index (χ1) is 3.88. The van der Waals surface area contributed by atoms with Crippen molar-refractivity contribution in [3.8, 4) is 0 Å². The Labute approximate surface area is 48.3 Å². The van der Waals surface area contributed by atoms with Crippen LogP contribution in [-0.4, -0.2) is 12.1 Å². The summed E-state index contributed by atoms with van der Waals surface area (Å²) in [5, 5.41) is 8.95. The van der Waals surface area contributed by atoms with Gasteiger partial charge in [0.25, 0.3) is 0 Å². The lowest BCUT2D eigenvalue weighted by molar-refractivity contribution is 0.357. The highest BCUT2D eigenvalue weighted by Gasteiger charge is 2.48. The summed E-state index contributed by atoms with van der Waals surface area (Å²) in [5.41, 5.74) is 0. The average molecular weight is 110 g/mol. The van der Waals surface area contributed by atoms with Gasteiger partial charge in [-0.15, -0.1) is 0 Å². The molecule has 3 heteroatoms. The summed E-state index contributed by atoms with van der Waals surface area (Å²) in [7, 11) is -0.509. The van der Waals surface area contributed by atoms with Gasteiger partial charge in [-0.3, -0.25) is 0 Å². The molecule has 1 fully saturated rings. The van der Waals surface area contributed by atoms with E-state index < -0.39 is 7.12 Å². The third-order valence-corrected chi connectivity index (χ3v) is 1.80. The summed E-state index contributed by atoms with van der Waals surface area (Å²) in [6.45, 7) is 0. The quantitative estimate of drug-likeness (QED) is 0.457. The fourth-order valence-electron chi connectivity index (χ4n) is 1.11. The van der Waals surface area contributed by atoms with E-state index in [1.165, 1.54) is 0 Å². The van der Waals surface area contributed by atoms with Gasteiger partial charge in [-0.1, -0.05) is 0 Å². The number of hydrogen-bond donors (Lipinski definition) is 1. The van der Waals surface area contributed by atoms with Gasteiger partial charge >= 0.3 is 7.12 Å². The molecule has 2 nitrogen and oxygen atoms in total. The Hall–Kier alpha value is -0.435. The summed E-state index contributed by atoms with van der Waals surface area (Å²) in [6, 6.07) is 0. The monoisotopic (exact) mass is 110 g/mol. The van der Waals surface area contributed by atoms with Crippen molar-refractivity contribution in [2.75, 3.05) is 0 Å². The first-order valence-corrected chi connectivity index (χ1v) is 2.88. The minimum atomic E-state index is -0.509. The first-order valence-electron chi connectivity index (χ1n) is 2.88. The van der Waals surface area contributed by atoms with Crippen LogP contribution in [0.5, 0.6) is 0 Å². The minimum Gasteiger partial charge on any atom is -0.542 e. The second-order valence-electron chi connectivity index (χ2n) is 2.42. The maximum atomic E-state index is 8.95. The zero-order valence-electron chi connectivity index (χ0n) is 4.45. The number of hydrogen-bond acceptors (Lipinski definition) is 2. The maximum Gasteiger partial charge on any atom is 0.526 e. The second-order valence-corrected chi connectivity index (χ2v) is 2.42. The van der Waals surface area contributed by atoms with Gasteiger partial charge in [-0.2, -0.15) is 0 Å². The predicted molar refractivity (Wildman–Crippen MR) is 30.1 cm³/mol. The third-order valence-electron chi connectivity index (χ3n) is 1.80. The van der Waals surface area contributed by atoms with Crippen molar-refractivity contribution >= 4 is 7.12 Å². The molecule has 42 valence electrons. The lowest BCUT2D eigenvalue weighted by Gasteiger charge is -2.06. The molecule has 8 heavy (non-hydrogen) atoms. The molecule has 1 aliphatic carbocycles. The molecule has 1 N–H and O–H groups in total. The molecule has 0 aromatic carbocycles. The van der Waals surface area contributed by atoms with Crippen LogP contribution in [-0.2, 0) is 4.65 Å². The fourth-order valence-corrected chi connectivity index (χ4v) is 1.11. The van der Waals surface area contributed by atoms with E-state index in [1.54, 1.807) is 6.26 Å². The van der Waals surface area contributed by atoms with E-state index in [-0.39, 0.29) is 0 Å². The van der Waals surface area contributed by atoms with Gasteiger partial charge in [0.15, 0.2) is 0 Å². The fraction of sp³-hybridized carbons (Fsp3) is 0.600. The number of allylic oxidation sites excluding steroid dienone is 1. The van der Waals surface area contributed by atoms with Gasteiger partial charge in [-0.25, -0.2) is 0 Å². The summed E-state index contributed by atoms with van der Waals surface area (Å²) >= 11 is 0. The highest BCUT2D eigenvalue weighted by molar-refractivity contribution is 6.46. The zero-order valence-corrected chi connectivity index (χ0v) is 4.45. The molecule has 1 heterocycles. The molecule has 2 atom stereocenters. The van der Waals surface area contributed by atoms with E-state index in [1.807, 2.05) is 6.08 Å². The molecule has 0 bridgehead atoms. The molecular weight excluding hydrogens is 103 g/mol. The van der Waals surface area contributed by atoms with Crippen molar-refractivity contribution in [1.29, 1.82) is 0 Å². The Bertz CT molecular complexity index is 134. The van der Waals surface area contributed by atoms with E-state index in [4.69, 9.17) is 9.68 Å². The Kier molecular flexibility index (Phi) is 0.715. The second kappa shape index (κ2) is 1.29. The maximum absolute atomic E-state index is 8.95. The van der Waals surface area contributed by atoms with Crippen LogP contribution in [0.3, 0.4) is 0 Å². The minimum absolute atomic E-state index is 0.417. The van der Waals surface area contributed by atoms with Gasteiger partial charge in [0, 0.05) is 5.82 Å². The molecule has 0 aromatic rings. The van der Waals surface area contributed by atoms with Gasteiger partial charge in [0.2, 0.25) is 0 Å². The van der Waals surface area contributed by atoms with Crippen molar-refractivity contribution in [2.45, 2.75) is 12.2 Å². The van der Waals surface area contributed by atoms with Crippen molar-refractivity contribution in [2.24, 2.45) is 5.92 Å². The van der Waals surface area contributed by atoms with Crippen LogP contribution < -0.4 is 0 Å². The zero-order chi connectivity index (χ0) is 5.56. The highest BCUT2D eigenvalue weighted by atomic mass is 16.5. The van der Waals surface area contributed by atoms with Crippen LogP contribution in [0.1, 0.15) is 6.42 Å². The molecule has 0 amide bonds. The molecule has 1 aliphatic heterocycles. The van der Waals surface area contributed by atoms with Gasteiger partial charge in [0.1, 0.15) is 0 Å². The lowest BCUT2D eigenvalue weighted by atomic mass is 9.80. The van der Waals surface area contributed by atoms with Crippen LogP contribution >= 0.6 is 0 Å². The molecule has 2 unspecified atom stereocenters. The van der Waals surface area contributed by atoms with Gasteiger partial charge in [0.05, 0.1) is 6.26 Å². The van der Waals surface area contributed by atoms with E-state index in [0.717, 1.165) is 6.42 Å². The molecule has 2 rings (SSSR count). The molecule has 0 aromatic heterocycles. The molecule has 0 radical (unpaired) electrons. The summed E-state index contributed by atoms with van der Waals surface area (Å²) < 4.78 is 4.81. The predicted octanol–water partition coefficient (Wildman–Crippen LogP) is 0.401. The summed E-state index contributed by atoms with van der Waals surface area (Å²) in [5.74, 6) is 1.04. The van der Waals surface area contributed by atoms with Crippen LogP contribution in [0.25, 0.3) is 0 Å². The Balaban J connectivity index is 2.13. The smallest absolute Gasteiger partial charge is 0.526 e. The normalized spacial score (nSPS) is 40.9.